The molecule has 11 aromatic rings. The predicted molar refractivity (Wildman–Crippen MR) is 263 cm³/mol. The number of hydrogen-bond donors (Lipinski definition) is 0. The summed E-state index contributed by atoms with van der Waals surface area (Å²) >= 11 is 0. The molecule has 0 bridgehead atoms. The van der Waals surface area contributed by atoms with Gasteiger partial charge < -0.3 is 18.6 Å². The topological polar surface area (TPSA) is 80.3 Å². The Bertz CT molecular complexity index is 3780. The minimum Gasteiger partial charge on any atom is -0.456 e. The number of furan rings is 2. The summed E-state index contributed by atoms with van der Waals surface area (Å²) in [5.74, 6) is 0. The first-order valence-electron chi connectivity index (χ1n) is 21.5. The lowest BCUT2D eigenvalue weighted by Crippen LogP contribution is -2.11. The standard InChI is InChI=1S/C58H42N4O2/c1-33-25-43(26-34(2)37(33)5)61(41-19-15-39(31-59)16-20-41)50-29-53-55(47-13-9-7-11-45(47)50)49-23-24-52-57(58(49)64-53)56-48-14-10-8-12-46(48)51(30-54(56)63-52)62(42-21-17-40(32-60)18-22-42)44-27-35(3)38(6)36(4)28-44/h7-30H,1-6H3. The second kappa shape index (κ2) is 14.7. The maximum Gasteiger partial charge on any atom is 0.147 e. The average Bonchev–Trinajstić information content (AvgIpc) is 3.89. The van der Waals surface area contributed by atoms with E-state index in [4.69, 9.17) is 8.83 Å². The lowest BCUT2D eigenvalue weighted by molar-refractivity contribution is 0.663. The summed E-state index contributed by atoms with van der Waals surface area (Å²) in [7, 11) is 0. The second-order valence-corrected chi connectivity index (χ2v) is 17.0. The van der Waals surface area contributed by atoms with Crippen LogP contribution in [0.3, 0.4) is 0 Å². The Morgan fingerprint density at radius 1 is 0.375 bits per heavy atom. The van der Waals surface area contributed by atoms with Crippen molar-refractivity contribution in [2.75, 3.05) is 9.80 Å². The minimum absolute atomic E-state index is 0.606. The summed E-state index contributed by atoms with van der Waals surface area (Å²) < 4.78 is 14.0. The third kappa shape index (κ3) is 5.92. The molecule has 0 aliphatic rings. The van der Waals surface area contributed by atoms with Gasteiger partial charge in [0.25, 0.3) is 0 Å². The van der Waals surface area contributed by atoms with Crippen molar-refractivity contribution in [1.29, 1.82) is 10.5 Å². The van der Waals surface area contributed by atoms with Crippen molar-refractivity contribution in [3.05, 3.63) is 190 Å². The van der Waals surface area contributed by atoms with E-state index in [1.165, 1.54) is 33.4 Å². The molecule has 0 saturated heterocycles. The lowest BCUT2D eigenvalue weighted by atomic mass is 9.97. The Kier molecular flexibility index (Phi) is 8.84. The van der Waals surface area contributed by atoms with Gasteiger partial charge in [-0.1, -0.05) is 48.5 Å². The maximum atomic E-state index is 9.70. The van der Waals surface area contributed by atoms with E-state index < -0.39 is 0 Å². The normalized spacial score (nSPS) is 11.6. The number of hydrogen-bond acceptors (Lipinski definition) is 6. The molecular weight excluding hydrogens is 785 g/mol. The summed E-state index contributed by atoms with van der Waals surface area (Å²) in [6.45, 7) is 13.0. The molecule has 9 aromatic carbocycles. The molecule has 0 atom stereocenters. The first-order chi connectivity index (χ1) is 31.1. The van der Waals surface area contributed by atoms with Crippen molar-refractivity contribution in [3.63, 3.8) is 0 Å². The molecule has 64 heavy (non-hydrogen) atoms. The summed E-state index contributed by atoms with van der Waals surface area (Å²) in [5, 5.41) is 27.6. The maximum absolute atomic E-state index is 9.70. The number of benzene rings is 9. The fraction of sp³-hybridized carbons (Fsp3) is 0.103. The van der Waals surface area contributed by atoms with Crippen LogP contribution in [-0.2, 0) is 0 Å². The largest absolute Gasteiger partial charge is 0.456 e. The molecule has 0 fully saturated rings. The number of aryl methyl sites for hydroxylation is 4. The van der Waals surface area contributed by atoms with Crippen molar-refractivity contribution in [2.45, 2.75) is 41.5 Å². The second-order valence-electron chi connectivity index (χ2n) is 17.0. The van der Waals surface area contributed by atoms with Crippen molar-refractivity contribution in [3.8, 4) is 12.1 Å². The zero-order valence-electron chi connectivity index (χ0n) is 36.5. The van der Waals surface area contributed by atoms with Gasteiger partial charge in [0.1, 0.15) is 22.3 Å². The van der Waals surface area contributed by atoms with E-state index in [0.717, 1.165) is 99.5 Å². The van der Waals surface area contributed by atoms with Crippen LogP contribution in [0.15, 0.2) is 154 Å². The minimum atomic E-state index is 0.606. The molecule has 6 heteroatoms. The molecule has 0 N–H and O–H groups in total. The van der Waals surface area contributed by atoms with E-state index in [0.29, 0.717) is 11.1 Å². The van der Waals surface area contributed by atoms with E-state index in [2.05, 4.69) is 161 Å². The van der Waals surface area contributed by atoms with Crippen LogP contribution in [0.4, 0.5) is 34.1 Å². The monoisotopic (exact) mass is 826 g/mol. The molecule has 0 aliphatic heterocycles. The highest BCUT2D eigenvalue weighted by Gasteiger charge is 2.26. The zero-order chi connectivity index (χ0) is 44.0. The number of rotatable bonds is 6. The Morgan fingerprint density at radius 2 is 0.797 bits per heavy atom. The van der Waals surface area contributed by atoms with Crippen molar-refractivity contribution in [1.82, 2.24) is 0 Å². The van der Waals surface area contributed by atoms with Gasteiger partial charge in [0.05, 0.1) is 40.0 Å². The number of anilines is 6. The third-order valence-corrected chi connectivity index (χ3v) is 13.4. The van der Waals surface area contributed by atoms with Crippen LogP contribution in [0, 0.1) is 64.2 Å². The SMILES string of the molecule is Cc1cc(N(c2ccc(C#N)cc2)c2cc3oc4c(ccc5oc6cc(N(c7ccc(C#N)cc7)c7cc(C)c(C)c(C)c7)c7ccccc7c6c54)c3c3ccccc23)cc(C)c1C. The molecule has 0 spiro atoms. The first kappa shape index (κ1) is 38.6. The highest BCUT2D eigenvalue weighted by molar-refractivity contribution is 6.32. The fourth-order valence-corrected chi connectivity index (χ4v) is 9.66. The zero-order valence-corrected chi connectivity index (χ0v) is 36.5. The average molecular weight is 827 g/mol. The van der Waals surface area contributed by atoms with Crippen LogP contribution in [0.2, 0.25) is 0 Å². The molecule has 0 aliphatic carbocycles. The van der Waals surface area contributed by atoms with Gasteiger partial charge in [0.2, 0.25) is 0 Å². The number of nitriles is 2. The summed E-state index contributed by atoms with van der Waals surface area (Å²) in [4.78, 5) is 4.56. The van der Waals surface area contributed by atoms with Gasteiger partial charge >= 0.3 is 0 Å². The van der Waals surface area contributed by atoms with Gasteiger partial charge in [0, 0.05) is 61.8 Å². The van der Waals surface area contributed by atoms with E-state index in [1.807, 2.05) is 48.5 Å². The molecule has 0 unspecified atom stereocenters. The van der Waals surface area contributed by atoms with Gasteiger partial charge in [-0.3, -0.25) is 0 Å². The summed E-state index contributed by atoms with van der Waals surface area (Å²) in [5.41, 5.74) is 17.5. The van der Waals surface area contributed by atoms with Crippen LogP contribution in [0.1, 0.15) is 44.5 Å². The molecule has 6 nitrogen and oxygen atoms in total. The number of fused-ring (bicyclic) bond motifs is 11. The lowest BCUT2D eigenvalue weighted by Gasteiger charge is -2.28. The quantitative estimate of drug-likeness (QED) is 0.166. The van der Waals surface area contributed by atoms with Crippen LogP contribution in [0.25, 0.3) is 65.4 Å². The Morgan fingerprint density at radius 3 is 1.25 bits per heavy atom. The third-order valence-electron chi connectivity index (χ3n) is 13.4. The van der Waals surface area contributed by atoms with Crippen molar-refractivity contribution < 1.29 is 8.83 Å². The fourth-order valence-electron chi connectivity index (χ4n) is 9.66. The van der Waals surface area contributed by atoms with Gasteiger partial charge in [-0.05, 0) is 171 Å². The van der Waals surface area contributed by atoms with E-state index in [9.17, 15) is 10.5 Å². The molecule has 11 rings (SSSR count). The highest BCUT2D eigenvalue weighted by atomic mass is 16.3. The molecule has 0 saturated carbocycles. The van der Waals surface area contributed by atoms with Crippen molar-refractivity contribution >= 4 is 99.5 Å². The molecular formula is C58H42N4O2. The van der Waals surface area contributed by atoms with E-state index in [-0.39, 0.29) is 0 Å². The highest BCUT2D eigenvalue weighted by Crippen LogP contribution is 2.50. The van der Waals surface area contributed by atoms with Crippen LogP contribution in [-0.4, -0.2) is 0 Å². The van der Waals surface area contributed by atoms with Gasteiger partial charge in [-0.2, -0.15) is 10.5 Å². The molecule has 2 aromatic heterocycles. The Labute approximate surface area is 371 Å². The molecule has 2 heterocycles. The van der Waals surface area contributed by atoms with Gasteiger partial charge in [-0.25, -0.2) is 0 Å². The Balaban J connectivity index is 1.19. The van der Waals surface area contributed by atoms with Crippen LogP contribution >= 0.6 is 0 Å². The summed E-state index contributed by atoms with van der Waals surface area (Å²) in [6, 6.07) is 54.7. The van der Waals surface area contributed by atoms with Crippen molar-refractivity contribution in [2.24, 2.45) is 0 Å². The number of nitrogens with zero attached hydrogens (tertiary/aromatic N) is 4. The van der Waals surface area contributed by atoms with Crippen LogP contribution < -0.4 is 9.80 Å². The predicted octanol–water partition coefficient (Wildman–Crippen LogP) is 16.3. The Hall–Kier alpha value is -8.32. The smallest absolute Gasteiger partial charge is 0.147 e. The van der Waals surface area contributed by atoms with Crippen LogP contribution in [0.5, 0.6) is 0 Å². The van der Waals surface area contributed by atoms with E-state index in [1.54, 1.807) is 0 Å². The first-order valence-corrected chi connectivity index (χ1v) is 21.5. The summed E-state index contributed by atoms with van der Waals surface area (Å²) in [6.07, 6.45) is 0. The van der Waals surface area contributed by atoms with E-state index >= 15 is 0 Å². The molecule has 0 amide bonds. The van der Waals surface area contributed by atoms with Gasteiger partial charge in [-0.15, -0.1) is 0 Å². The molecule has 0 radical (unpaired) electrons. The molecule has 306 valence electrons. The van der Waals surface area contributed by atoms with Gasteiger partial charge in [0.15, 0.2) is 0 Å².